The molecule has 61 heavy (non-hydrogen) atoms. The van der Waals surface area contributed by atoms with Gasteiger partial charge in [0.1, 0.15) is 28.6 Å². The second-order valence-electron chi connectivity index (χ2n) is 14.6. The van der Waals surface area contributed by atoms with Crippen molar-refractivity contribution in [3.05, 3.63) is 221 Å². The zero-order chi connectivity index (χ0) is 41.6. The van der Waals surface area contributed by atoms with Gasteiger partial charge >= 0.3 is 0 Å². The van der Waals surface area contributed by atoms with Gasteiger partial charge in [0.05, 0.1) is 22.4 Å². The van der Waals surface area contributed by atoms with E-state index in [1.165, 1.54) is 22.3 Å². The van der Waals surface area contributed by atoms with Gasteiger partial charge in [0.25, 0.3) is 0 Å². The first-order chi connectivity index (χ1) is 29.2. The average molecular weight is 977 g/mol. The van der Waals surface area contributed by atoms with Crippen LogP contribution in [0, 0.1) is 26.8 Å². The third kappa shape index (κ3) is 9.74. The Bertz CT molecular complexity index is 2890. The standard InChI is InChI=1S/C19H12NO2.2C17H15NO.Ir/c1-12-6-8-16(20-11-12)13-7-9-18-15(10-13)19(21)14-4-2-3-5-17(14)22-18;2*1-3-15-7-5-14-10-13(6-9-17(14)19-15)16-8-4-12(2)11-18-16;/h2-6,8-11H,1H3;2*3-4,6-11H,1,5H2,2H3;/q-1;;;. The molecule has 7 nitrogen and oxygen atoms in total. The molecule has 0 aliphatic carbocycles. The van der Waals surface area contributed by atoms with Crippen molar-refractivity contribution >= 4 is 21.9 Å². The minimum Gasteiger partial charge on any atom is -0.500 e. The maximum atomic E-state index is 12.6. The Hall–Kier alpha value is -6.99. The fraction of sp³-hybridized carbons (Fsp3) is 0.0943. The molecule has 0 bridgehead atoms. The number of hydrogen-bond acceptors (Lipinski definition) is 7. The predicted molar refractivity (Wildman–Crippen MR) is 241 cm³/mol. The topological polar surface area (TPSA) is 87.3 Å². The maximum Gasteiger partial charge on any atom is 0.182 e. The van der Waals surface area contributed by atoms with Crippen molar-refractivity contribution in [3.63, 3.8) is 0 Å². The minimum absolute atomic E-state index is 0. The van der Waals surface area contributed by atoms with E-state index in [1.807, 2.05) is 106 Å². The summed E-state index contributed by atoms with van der Waals surface area (Å²) in [6.45, 7) is 13.5. The van der Waals surface area contributed by atoms with E-state index >= 15 is 0 Å². The van der Waals surface area contributed by atoms with Crippen LogP contribution in [0.5, 0.6) is 11.5 Å². The molecule has 0 spiro atoms. The van der Waals surface area contributed by atoms with Crippen LogP contribution in [0.15, 0.2) is 186 Å². The van der Waals surface area contributed by atoms with Crippen LogP contribution in [0.1, 0.15) is 27.8 Å². The molecule has 4 aromatic carbocycles. The van der Waals surface area contributed by atoms with Gasteiger partial charge in [-0.15, -0.1) is 23.8 Å². The van der Waals surface area contributed by atoms with Crippen LogP contribution < -0.4 is 14.9 Å². The minimum atomic E-state index is -0.0285. The summed E-state index contributed by atoms with van der Waals surface area (Å²) >= 11 is 0. The van der Waals surface area contributed by atoms with E-state index in [0.29, 0.717) is 21.9 Å². The Morgan fingerprint density at radius 1 is 0.590 bits per heavy atom. The van der Waals surface area contributed by atoms with Crippen LogP contribution in [0.4, 0.5) is 0 Å². The number of fused-ring (bicyclic) bond motifs is 4. The fourth-order valence-electron chi connectivity index (χ4n) is 6.80. The molecule has 4 aromatic heterocycles. The van der Waals surface area contributed by atoms with Crippen LogP contribution >= 0.6 is 0 Å². The zero-order valence-corrected chi connectivity index (χ0v) is 36.5. The van der Waals surface area contributed by atoms with Crippen molar-refractivity contribution in [3.8, 4) is 45.3 Å². The Balaban J connectivity index is 0.000000137. The number of hydrogen-bond donors (Lipinski definition) is 0. The number of allylic oxidation sites excluding steroid dienone is 4. The van der Waals surface area contributed by atoms with Crippen molar-refractivity contribution in [2.75, 3.05) is 0 Å². The number of benzene rings is 4. The molecule has 8 aromatic rings. The number of pyridine rings is 3. The van der Waals surface area contributed by atoms with Crippen LogP contribution in [-0.2, 0) is 32.9 Å². The van der Waals surface area contributed by atoms with Crippen LogP contribution in [-0.4, -0.2) is 15.0 Å². The molecule has 0 N–H and O–H groups in total. The second-order valence-corrected chi connectivity index (χ2v) is 14.6. The summed E-state index contributed by atoms with van der Waals surface area (Å²) in [6.07, 6.45) is 14.9. The summed E-state index contributed by atoms with van der Waals surface area (Å²) in [5.41, 5.74) is 12.7. The number of aromatic nitrogens is 3. The third-order valence-corrected chi connectivity index (χ3v) is 10.1. The van der Waals surface area contributed by atoms with Gasteiger partial charge in [-0.05, 0) is 157 Å². The largest absolute Gasteiger partial charge is 0.500 e. The molecular weight excluding hydrogens is 935 g/mol. The van der Waals surface area contributed by atoms with Gasteiger partial charge in [0.15, 0.2) is 5.43 Å². The molecule has 0 fully saturated rings. The van der Waals surface area contributed by atoms with Crippen LogP contribution in [0.2, 0.25) is 0 Å². The second kappa shape index (κ2) is 18.9. The van der Waals surface area contributed by atoms with Gasteiger partial charge in [0, 0.05) is 49.8 Å². The van der Waals surface area contributed by atoms with E-state index in [1.54, 1.807) is 42.6 Å². The molecule has 0 saturated heterocycles. The summed E-state index contributed by atoms with van der Waals surface area (Å²) < 4.78 is 17.2. The number of rotatable bonds is 5. The Kier molecular flexibility index (Phi) is 13.1. The average Bonchev–Trinajstić information content (AvgIpc) is 3.29. The van der Waals surface area contributed by atoms with E-state index in [0.717, 1.165) is 75.2 Å². The fourth-order valence-corrected chi connectivity index (χ4v) is 6.80. The monoisotopic (exact) mass is 977 g/mol. The number of nitrogens with zero attached hydrogens (tertiary/aromatic N) is 3. The molecule has 0 amide bonds. The van der Waals surface area contributed by atoms with Gasteiger partial charge < -0.3 is 18.9 Å². The summed E-state index contributed by atoms with van der Waals surface area (Å²) in [6, 6.07) is 38.5. The molecular formula is C53H42IrN3O4-. The smallest absolute Gasteiger partial charge is 0.182 e. The predicted octanol–water partition coefficient (Wildman–Crippen LogP) is 12.2. The van der Waals surface area contributed by atoms with Gasteiger partial charge in [-0.1, -0.05) is 49.6 Å². The van der Waals surface area contributed by atoms with E-state index in [-0.39, 0.29) is 25.5 Å². The first-order valence-electron chi connectivity index (χ1n) is 19.7. The summed E-state index contributed by atoms with van der Waals surface area (Å²) in [5, 5.41) is 1.14. The molecule has 8 heteroatoms. The molecule has 0 unspecified atom stereocenters. The summed E-state index contributed by atoms with van der Waals surface area (Å²) in [4.78, 5) is 25.9. The summed E-state index contributed by atoms with van der Waals surface area (Å²) in [5.74, 6) is 3.48. The van der Waals surface area contributed by atoms with Crippen molar-refractivity contribution in [2.45, 2.75) is 33.6 Å². The van der Waals surface area contributed by atoms with Crippen LogP contribution in [0.25, 0.3) is 55.7 Å². The molecule has 303 valence electrons. The van der Waals surface area contributed by atoms with Crippen molar-refractivity contribution in [2.24, 2.45) is 0 Å². The zero-order valence-electron chi connectivity index (χ0n) is 34.1. The normalized spacial score (nSPS) is 12.2. The first-order valence-corrected chi connectivity index (χ1v) is 19.7. The SMILES string of the molecule is C=CC1=CCc2cc(-c3ccc(C)cn3)ccc2O1.C=CC1=CCc2cc(-c3ccc(C)cn3)ccc2O1.Cc1ccc(-c2[c-]cc3oc4ccccc4c(=O)c3c2)nc1.[Ir]. The van der Waals surface area contributed by atoms with E-state index in [4.69, 9.17) is 13.9 Å². The van der Waals surface area contributed by atoms with Gasteiger partial charge in [0.2, 0.25) is 0 Å². The van der Waals surface area contributed by atoms with E-state index in [9.17, 15) is 4.79 Å². The third-order valence-electron chi connectivity index (χ3n) is 10.1. The Labute approximate surface area is 368 Å². The van der Waals surface area contributed by atoms with Gasteiger partial charge in [-0.25, -0.2) is 0 Å². The number of aryl methyl sites for hydroxylation is 3. The summed E-state index contributed by atoms with van der Waals surface area (Å²) in [7, 11) is 0. The molecule has 1 radical (unpaired) electrons. The Morgan fingerprint density at radius 2 is 1.10 bits per heavy atom. The van der Waals surface area contributed by atoms with E-state index in [2.05, 4.69) is 58.4 Å². The molecule has 6 heterocycles. The van der Waals surface area contributed by atoms with Crippen LogP contribution in [0.3, 0.4) is 0 Å². The van der Waals surface area contributed by atoms with E-state index < -0.39 is 0 Å². The molecule has 2 aliphatic heterocycles. The van der Waals surface area contributed by atoms with Gasteiger partial charge in [-0.3, -0.25) is 14.8 Å². The quantitative estimate of drug-likeness (QED) is 0.125. The molecule has 2 aliphatic rings. The Morgan fingerprint density at radius 3 is 1.59 bits per heavy atom. The number of para-hydroxylation sites is 1. The van der Waals surface area contributed by atoms with Crippen molar-refractivity contribution in [1.82, 2.24) is 15.0 Å². The maximum absolute atomic E-state index is 12.6. The molecule has 0 saturated carbocycles. The molecule has 10 rings (SSSR count). The molecule has 0 atom stereocenters. The number of ether oxygens (including phenoxy) is 2. The van der Waals surface area contributed by atoms with Gasteiger partial charge in [-0.2, -0.15) is 0 Å². The first kappa shape index (κ1) is 42.1. The van der Waals surface area contributed by atoms with Crippen molar-refractivity contribution < 1.29 is 34.0 Å². The van der Waals surface area contributed by atoms with Crippen molar-refractivity contribution in [1.29, 1.82) is 0 Å².